The predicted octanol–water partition coefficient (Wildman–Crippen LogP) is -0.327. The first kappa shape index (κ1) is 14.3. The Kier molecular flexibility index (Phi) is 10.6. The fraction of sp³-hybridized carbons (Fsp3) is 0.125. The van der Waals surface area contributed by atoms with Gasteiger partial charge in [0.25, 0.3) is 0 Å². The van der Waals surface area contributed by atoms with Gasteiger partial charge in [-0.05, 0) is 6.92 Å². The van der Waals surface area contributed by atoms with Crippen LogP contribution < -0.4 is 9.14 Å². The molecule has 0 bridgehead atoms. The molecule has 2 nitrogen and oxygen atoms in total. The van der Waals surface area contributed by atoms with E-state index in [0.717, 1.165) is 6.92 Å². The molecular weight excluding hydrogens is 265 g/mol. The Hall–Kier alpha value is -0.218. The van der Waals surface area contributed by atoms with Gasteiger partial charge in [-0.1, -0.05) is 0 Å². The monoisotopic (exact) mass is 276 g/mol. The zero-order valence-electron chi connectivity index (χ0n) is 6.73. The van der Waals surface area contributed by atoms with E-state index in [1.165, 1.54) is 4.04 Å². The third kappa shape index (κ3) is 12.5. The molecule has 12 heavy (non-hydrogen) atoms. The van der Waals surface area contributed by atoms with Crippen molar-refractivity contribution in [1.29, 1.82) is 0 Å². The van der Waals surface area contributed by atoms with E-state index in [0.29, 0.717) is 0 Å². The second-order valence-corrected chi connectivity index (χ2v) is 2.65. The number of carboxylic acids is 1. The van der Waals surface area contributed by atoms with Gasteiger partial charge in [0.1, 0.15) is 0 Å². The summed E-state index contributed by atoms with van der Waals surface area (Å²) in [6.45, 7) is 0.972. The number of carbonyl (C=O) groups excluding carboxylic acids is 1. The minimum absolute atomic E-state index is 0. The van der Waals surface area contributed by atoms with Gasteiger partial charge in [0.2, 0.25) is 0 Å². The Bertz CT molecular complexity index is 210. The average Bonchev–Trinajstić information content (AvgIpc) is 1.87. The fourth-order valence-electron chi connectivity index (χ4n) is 0.403. The third-order valence-corrected chi connectivity index (χ3v) is 1.23. The molecule has 0 fully saturated rings. The van der Waals surface area contributed by atoms with Gasteiger partial charge in [-0.2, -0.15) is 9.90 Å². The van der Waals surface area contributed by atoms with Crippen molar-refractivity contribution < 1.29 is 29.1 Å². The number of hydrogen-bond acceptors (Lipinski definition) is 2. The topological polar surface area (TPSA) is 40.1 Å². The normalized spacial score (nSPS) is 7.25. The minimum atomic E-state index is -1.08. The van der Waals surface area contributed by atoms with E-state index in [4.69, 9.17) is 9.90 Å². The van der Waals surface area contributed by atoms with Crippen LogP contribution in [-0.4, -0.2) is 5.97 Å². The van der Waals surface area contributed by atoms with Gasteiger partial charge in [-0.25, -0.2) is 0 Å². The molecule has 1 rings (SSSR count). The second-order valence-electron chi connectivity index (χ2n) is 1.75. The first-order chi connectivity index (χ1) is 5.13. The molecule has 0 N–H and O–H groups in total. The standard InChI is InChI=1S/C6H5.C2H4O2.H3P.Pd/c1-2-4-6-5-3-1;1-2(3)4;;/h1-5H;1H3,(H,3,4);1H3;/q;;;+1/p-1. The molecule has 0 heterocycles. The van der Waals surface area contributed by atoms with Crippen LogP contribution in [0.15, 0.2) is 30.3 Å². The average molecular weight is 277 g/mol. The molecule has 0 aliphatic carbocycles. The molecule has 70 valence electrons. The third-order valence-electron chi connectivity index (χ3n) is 0.713. The Balaban J connectivity index is 0. The molecule has 1 aromatic rings. The number of carbonyl (C=O) groups is 1. The molecule has 0 radical (unpaired) electrons. The molecule has 4 heteroatoms. The van der Waals surface area contributed by atoms with Gasteiger partial charge in [-0.15, -0.1) is 0 Å². The van der Waals surface area contributed by atoms with Gasteiger partial charge in [0, 0.05) is 5.97 Å². The molecule has 1 atom stereocenters. The van der Waals surface area contributed by atoms with Gasteiger partial charge in [0.15, 0.2) is 0 Å². The molecular formula is C8H11O2PPd. The van der Waals surface area contributed by atoms with Crippen LogP contribution >= 0.6 is 9.90 Å². The second kappa shape index (κ2) is 8.88. The fourth-order valence-corrected chi connectivity index (χ4v) is 0.702. The van der Waals surface area contributed by atoms with Crippen molar-refractivity contribution in [1.82, 2.24) is 0 Å². The molecule has 0 aliphatic rings. The maximum atomic E-state index is 8.89. The van der Waals surface area contributed by atoms with Crippen LogP contribution in [0.2, 0.25) is 0 Å². The number of benzene rings is 1. The molecule has 0 saturated carbocycles. The van der Waals surface area contributed by atoms with Crippen LogP contribution in [-0.2, 0) is 24.0 Å². The number of carboxylic acid groups (broad SMARTS) is 1. The number of rotatable bonds is 0. The summed E-state index contributed by atoms with van der Waals surface area (Å²) in [6.07, 6.45) is 0. The van der Waals surface area contributed by atoms with Gasteiger partial charge in [0.05, 0.1) is 0 Å². The maximum absolute atomic E-state index is 8.89. The summed E-state index contributed by atoms with van der Waals surface area (Å²) < 4.78 is 1.17. The van der Waals surface area contributed by atoms with Crippen molar-refractivity contribution in [2.24, 2.45) is 0 Å². The summed E-state index contributed by atoms with van der Waals surface area (Å²) in [5.74, 6) is -1.08. The van der Waals surface area contributed by atoms with Crippen LogP contribution in [0.25, 0.3) is 0 Å². The molecule has 0 amide bonds. The van der Waals surface area contributed by atoms with Crippen molar-refractivity contribution in [3.8, 4) is 0 Å². The summed E-state index contributed by atoms with van der Waals surface area (Å²) in [6, 6.07) is 10.0. The quantitative estimate of drug-likeness (QED) is 0.481. The Morgan fingerprint density at radius 2 is 1.67 bits per heavy atom. The van der Waals surface area contributed by atoms with E-state index in [-0.39, 0.29) is 9.90 Å². The Labute approximate surface area is 86.4 Å². The van der Waals surface area contributed by atoms with Crippen molar-refractivity contribution in [2.45, 2.75) is 6.92 Å². The van der Waals surface area contributed by atoms with Gasteiger partial charge < -0.3 is 9.90 Å². The summed E-state index contributed by atoms with van der Waals surface area (Å²) in [7, 11) is 0. The van der Waals surface area contributed by atoms with Crippen molar-refractivity contribution in [2.75, 3.05) is 0 Å². The van der Waals surface area contributed by atoms with E-state index in [9.17, 15) is 0 Å². The van der Waals surface area contributed by atoms with Crippen LogP contribution in [0.1, 0.15) is 6.92 Å². The van der Waals surface area contributed by atoms with Crippen molar-refractivity contribution in [3.05, 3.63) is 30.3 Å². The summed E-state index contributed by atoms with van der Waals surface area (Å²) in [5, 5.41) is 8.89. The van der Waals surface area contributed by atoms with E-state index < -0.39 is 5.97 Å². The van der Waals surface area contributed by atoms with E-state index in [2.05, 4.69) is 19.2 Å². The van der Waals surface area contributed by atoms with Crippen LogP contribution in [0, 0.1) is 0 Å². The summed E-state index contributed by atoms with van der Waals surface area (Å²) in [4.78, 5) is 8.89. The molecule has 0 aromatic heterocycles. The number of aliphatic carboxylic acids is 1. The SMILES string of the molecule is CC(=O)[O-].P.[Pd+][c]1ccccc1. The Morgan fingerprint density at radius 3 is 1.83 bits per heavy atom. The van der Waals surface area contributed by atoms with Crippen molar-refractivity contribution in [3.63, 3.8) is 0 Å². The Morgan fingerprint density at radius 1 is 1.33 bits per heavy atom. The first-order valence-corrected chi connectivity index (χ1v) is 3.75. The van der Waals surface area contributed by atoms with Crippen LogP contribution in [0.5, 0.6) is 0 Å². The summed E-state index contributed by atoms with van der Waals surface area (Å²) in [5.41, 5.74) is 0. The van der Waals surface area contributed by atoms with E-state index in [1.54, 1.807) is 0 Å². The van der Waals surface area contributed by atoms with Crippen molar-refractivity contribution >= 4 is 19.9 Å². The van der Waals surface area contributed by atoms with Gasteiger partial charge >= 0.3 is 53.6 Å². The van der Waals surface area contributed by atoms with Gasteiger partial charge in [-0.3, -0.25) is 0 Å². The first-order valence-electron chi connectivity index (χ1n) is 2.98. The number of hydrogen-bond donors (Lipinski definition) is 0. The molecule has 0 aliphatic heterocycles. The van der Waals surface area contributed by atoms with Crippen LogP contribution in [0.4, 0.5) is 0 Å². The zero-order chi connectivity index (χ0) is 8.69. The molecule has 0 saturated heterocycles. The van der Waals surface area contributed by atoms with E-state index in [1.807, 2.05) is 30.3 Å². The zero-order valence-corrected chi connectivity index (χ0v) is 9.70. The predicted molar refractivity (Wildman–Crippen MR) is 47.9 cm³/mol. The van der Waals surface area contributed by atoms with Crippen LogP contribution in [0.3, 0.4) is 0 Å². The molecule has 1 unspecified atom stereocenters. The molecule has 1 aromatic carbocycles. The summed E-state index contributed by atoms with van der Waals surface area (Å²) >= 11 is 3.07. The molecule has 0 spiro atoms. The van der Waals surface area contributed by atoms with E-state index >= 15 is 0 Å².